The van der Waals surface area contributed by atoms with Crippen molar-refractivity contribution in [2.24, 2.45) is 11.3 Å². The Hall–Kier alpha value is -1.95. The number of aliphatic hydroxyl groups excluding tert-OH is 1. The third kappa shape index (κ3) is 4.06. The van der Waals surface area contributed by atoms with Gasteiger partial charge in [-0.1, -0.05) is 37.6 Å². The smallest absolute Gasteiger partial charge is 0.329 e. The Morgan fingerprint density at radius 3 is 2.65 bits per heavy atom. The predicted molar refractivity (Wildman–Crippen MR) is 96.9 cm³/mol. The Kier molecular flexibility index (Phi) is 6.06. The van der Waals surface area contributed by atoms with E-state index in [1.165, 1.54) is 4.90 Å². The molecule has 6 nitrogen and oxygen atoms in total. The number of aliphatic hydroxyl groups is 1. The second-order valence-corrected chi connectivity index (χ2v) is 8.21. The number of esters is 1. The van der Waals surface area contributed by atoms with Crippen molar-refractivity contribution in [2.45, 2.75) is 71.2 Å². The lowest BCUT2D eigenvalue weighted by atomic mass is 9.76. The highest BCUT2D eigenvalue weighted by Gasteiger charge is 2.57. The highest BCUT2D eigenvalue weighted by atomic mass is 16.6. The van der Waals surface area contributed by atoms with Gasteiger partial charge in [-0.2, -0.15) is 0 Å². The highest BCUT2D eigenvalue weighted by Crippen LogP contribution is 2.46. The quantitative estimate of drug-likeness (QED) is 0.426. The van der Waals surface area contributed by atoms with Crippen LogP contribution in [0, 0.1) is 11.3 Å². The third-order valence-corrected chi connectivity index (χ3v) is 4.94. The van der Waals surface area contributed by atoms with Crippen molar-refractivity contribution in [3.05, 3.63) is 24.3 Å². The zero-order chi connectivity index (χ0) is 19.5. The number of allylic oxidation sites excluding steroid dienone is 2. The van der Waals surface area contributed by atoms with Crippen LogP contribution in [0.4, 0.5) is 0 Å². The molecule has 0 aromatic heterocycles. The highest BCUT2D eigenvalue weighted by molar-refractivity contribution is 5.90. The number of carbonyl (C=O) groups excluding carboxylic acids is 3. The SMILES string of the molecule is CC(C)(C)OC(=O)C(CCCCC=O)N1C(=O)C2C=CC=CC2(C)C1O. The molecule has 4 atom stereocenters. The minimum atomic E-state index is -1.11. The molecule has 1 heterocycles. The number of amides is 1. The van der Waals surface area contributed by atoms with Gasteiger partial charge in [-0.3, -0.25) is 4.79 Å². The van der Waals surface area contributed by atoms with E-state index in [1.54, 1.807) is 32.9 Å². The summed E-state index contributed by atoms with van der Waals surface area (Å²) in [7, 11) is 0. The van der Waals surface area contributed by atoms with Crippen LogP contribution in [0.25, 0.3) is 0 Å². The van der Waals surface area contributed by atoms with Crippen molar-refractivity contribution in [2.75, 3.05) is 0 Å². The normalized spacial score (nSPS) is 28.8. The molecule has 0 saturated carbocycles. The maximum Gasteiger partial charge on any atom is 0.329 e. The average molecular weight is 363 g/mol. The first kappa shape index (κ1) is 20.4. The van der Waals surface area contributed by atoms with Crippen molar-refractivity contribution < 1.29 is 24.2 Å². The number of hydrogen-bond donors (Lipinski definition) is 1. The number of likely N-dealkylation sites (tertiary alicyclic amines) is 1. The van der Waals surface area contributed by atoms with E-state index < -0.39 is 35.2 Å². The van der Waals surface area contributed by atoms with Gasteiger partial charge in [-0.15, -0.1) is 0 Å². The number of carbonyl (C=O) groups is 3. The zero-order valence-corrected chi connectivity index (χ0v) is 16.0. The fourth-order valence-corrected chi connectivity index (χ4v) is 3.55. The fourth-order valence-electron chi connectivity index (χ4n) is 3.55. The molecule has 0 radical (unpaired) electrons. The van der Waals surface area contributed by atoms with Gasteiger partial charge in [0.25, 0.3) is 0 Å². The first-order valence-corrected chi connectivity index (χ1v) is 9.14. The predicted octanol–water partition coefficient (Wildman–Crippen LogP) is 2.37. The molecule has 0 bridgehead atoms. The average Bonchev–Trinajstić information content (AvgIpc) is 2.74. The first-order valence-electron chi connectivity index (χ1n) is 9.14. The molecule has 0 spiro atoms. The second kappa shape index (κ2) is 7.74. The Bertz CT molecular complexity index is 618. The lowest BCUT2D eigenvalue weighted by molar-refractivity contribution is -0.170. The van der Waals surface area contributed by atoms with Gasteiger partial charge in [0.2, 0.25) is 5.91 Å². The topological polar surface area (TPSA) is 83.9 Å². The van der Waals surface area contributed by atoms with E-state index >= 15 is 0 Å². The first-order chi connectivity index (χ1) is 12.1. The summed E-state index contributed by atoms with van der Waals surface area (Å²) in [6.07, 6.45) is 8.88. The van der Waals surface area contributed by atoms with Gasteiger partial charge in [0.1, 0.15) is 24.2 Å². The lowest BCUT2D eigenvalue weighted by Gasteiger charge is -2.35. The molecule has 1 amide bonds. The standard InChI is InChI=1S/C20H29NO5/c1-19(2,3)26-17(24)15(11-6-5-9-13-22)21-16(23)14-10-7-8-12-20(14,4)18(21)25/h7-8,10,12-15,18,25H,5-6,9,11H2,1-4H3. The van der Waals surface area contributed by atoms with Crippen LogP contribution in [0.5, 0.6) is 0 Å². The van der Waals surface area contributed by atoms with Gasteiger partial charge in [-0.25, -0.2) is 4.79 Å². The number of fused-ring (bicyclic) bond motifs is 1. The van der Waals surface area contributed by atoms with Crippen molar-refractivity contribution >= 4 is 18.2 Å². The van der Waals surface area contributed by atoms with Crippen LogP contribution in [0.3, 0.4) is 0 Å². The van der Waals surface area contributed by atoms with Crippen LogP contribution in [0.2, 0.25) is 0 Å². The monoisotopic (exact) mass is 363 g/mol. The molecular formula is C20H29NO5. The van der Waals surface area contributed by atoms with Crippen molar-refractivity contribution in [3.8, 4) is 0 Å². The molecule has 2 aliphatic rings. The summed E-state index contributed by atoms with van der Waals surface area (Å²) < 4.78 is 5.50. The van der Waals surface area contributed by atoms with E-state index in [0.717, 1.165) is 6.29 Å². The number of unbranched alkanes of at least 4 members (excludes halogenated alkanes) is 2. The van der Waals surface area contributed by atoms with Crippen LogP contribution in [-0.2, 0) is 19.1 Å². The molecule has 0 aromatic rings. The van der Waals surface area contributed by atoms with Gasteiger partial charge in [0.05, 0.1) is 5.92 Å². The summed E-state index contributed by atoms with van der Waals surface area (Å²) in [6.45, 7) is 7.12. The van der Waals surface area contributed by atoms with Crippen LogP contribution >= 0.6 is 0 Å². The molecule has 1 saturated heterocycles. The molecule has 144 valence electrons. The zero-order valence-electron chi connectivity index (χ0n) is 16.0. The second-order valence-electron chi connectivity index (χ2n) is 8.21. The van der Waals surface area contributed by atoms with Crippen LogP contribution in [-0.4, -0.2) is 46.0 Å². The maximum atomic E-state index is 13.0. The van der Waals surface area contributed by atoms with E-state index in [-0.39, 0.29) is 5.91 Å². The largest absolute Gasteiger partial charge is 0.458 e. The lowest BCUT2D eigenvalue weighted by Crippen LogP contribution is -2.50. The summed E-state index contributed by atoms with van der Waals surface area (Å²) in [5.74, 6) is -1.29. The van der Waals surface area contributed by atoms with Crippen molar-refractivity contribution in [1.29, 1.82) is 0 Å². The van der Waals surface area contributed by atoms with Crippen LogP contribution in [0.15, 0.2) is 24.3 Å². The van der Waals surface area contributed by atoms with Crippen LogP contribution in [0.1, 0.15) is 53.4 Å². The molecule has 2 rings (SSSR count). The van der Waals surface area contributed by atoms with Gasteiger partial charge in [0, 0.05) is 11.8 Å². The summed E-state index contributed by atoms with van der Waals surface area (Å²) in [5.41, 5.74) is -1.46. The van der Waals surface area contributed by atoms with E-state index in [9.17, 15) is 19.5 Å². The number of aldehydes is 1. The maximum absolute atomic E-state index is 13.0. The third-order valence-electron chi connectivity index (χ3n) is 4.94. The number of rotatable bonds is 7. The Morgan fingerprint density at radius 2 is 2.08 bits per heavy atom. The molecule has 1 aliphatic carbocycles. The van der Waals surface area contributed by atoms with E-state index in [4.69, 9.17) is 4.74 Å². The van der Waals surface area contributed by atoms with E-state index in [0.29, 0.717) is 25.7 Å². The summed E-state index contributed by atoms with van der Waals surface area (Å²) >= 11 is 0. The van der Waals surface area contributed by atoms with Crippen molar-refractivity contribution in [1.82, 2.24) is 4.90 Å². The minimum absolute atomic E-state index is 0.271. The fraction of sp³-hybridized carbons (Fsp3) is 0.650. The Balaban J connectivity index is 2.27. The molecule has 1 N–H and O–H groups in total. The Labute approximate surface area is 154 Å². The molecule has 6 heteroatoms. The number of nitrogens with zero attached hydrogens (tertiary/aromatic N) is 1. The van der Waals surface area contributed by atoms with E-state index in [1.807, 2.05) is 19.1 Å². The van der Waals surface area contributed by atoms with Crippen LogP contribution < -0.4 is 0 Å². The molecule has 0 aromatic carbocycles. The molecule has 4 unspecified atom stereocenters. The molecular weight excluding hydrogens is 334 g/mol. The molecule has 1 fully saturated rings. The van der Waals surface area contributed by atoms with Gasteiger partial charge < -0.3 is 19.5 Å². The Morgan fingerprint density at radius 1 is 1.38 bits per heavy atom. The molecule has 26 heavy (non-hydrogen) atoms. The summed E-state index contributed by atoms with van der Waals surface area (Å²) in [5, 5.41) is 10.9. The van der Waals surface area contributed by atoms with Gasteiger partial charge in [-0.05, 0) is 33.6 Å². The van der Waals surface area contributed by atoms with Crippen molar-refractivity contribution in [3.63, 3.8) is 0 Å². The van der Waals surface area contributed by atoms with E-state index in [2.05, 4.69) is 0 Å². The van der Waals surface area contributed by atoms with Gasteiger partial charge >= 0.3 is 5.97 Å². The summed E-state index contributed by atoms with van der Waals surface area (Å²) in [6, 6.07) is -0.868. The minimum Gasteiger partial charge on any atom is -0.458 e. The number of ether oxygens (including phenoxy) is 1. The summed E-state index contributed by atoms with van der Waals surface area (Å²) in [4.78, 5) is 37.6. The number of hydrogen-bond acceptors (Lipinski definition) is 5. The molecule has 1 aliphatic heterocycles. The van der Waals surface area contributed by atoms with Gasteiger partial charge in [0.15, 0.2) is 0 Å².